The number of pyridine rings is 1. The Morgan fingerprint density at radius 2 is 1.25 bits per heavy atom. The summed E-state index contributed by atoms with van der Waals surface area (Å²) in [5, 5.41) is 0. The Hall–Kier alpha value is -2.70. The number of unbranched alkanes of at least 4 members (excludes halogenated alkanes) is 1. The van der Waals surface area contributed by atoms with E-state index in [1.54, 1.807) is 7.11 Å². The molecule has 6 heteroatoms. The lowest BCUT2D eigenvalue weighted by atomic mass is 10.0. The van der Waals surface area contributed by atoms with Crippen molar-refractivity contribution in [3.8, 4) is 28.0 Å². The van der Waals surface area contributed by atoms with Crippen LogP contribution in [-0.2, 0) is 16.7 Å². The molecule has 1 heterocycles. The van der Waals surface area contributed by atoms with Gasteiger partial charge in [-0.05, 0) is 40.8 Å². The second-order valence-electron chi connectivity index (χ2n) is 6.60. The molecule has 0 aliphatic rings. The molecule has 0 aliphatic carbocycles. The molecule has 3 rings (SSSR count). The molecule has 0 fully saturated rings. The predicted octanol–water partition coefficient (Wildman–Crippen LogP) is 3.64. The first-order valence-electron chi connectivity index (χ1n) is 9.12. The van der Waals surface area contributed by atoms with Crippen LogP contribution in [0.1, 0.15) is 12.8 Å². The lowest BCUT2D eigenvalue weighted by Crippen LogP contribution is -2.32. The zero-order valence-corrected chi connectivity index (χ0v) is 16.6. The predicted molar refractivity (Wildman–Crippen MR) is 108 cm³/mol. The van der Waals surface area contributed by atoms with Gasteiger partial charge in [-0.15, -0.1) is 0 Å². The second kappa shape index (κ2) is 8.99. The van der Waals surface area contributed by atoms with Crippen LogP contribution in [-0.4, -0.2) is 25.8 Å². The van der Waals surface area contributed by atoms with Crippen LogP contribution in [0.3, 0.4) is 0 Å². The van der Waals surface area contributed by atoms with Gasteiger partial charge in [-0.2, -0.15) is 0 Å². The number of methoxy groups -OCH3 is 1. The highest BCUT2D eigenvalue weighted by molar-refractivity contribution is 7.85. The van der Waals surface area contributed by atoms with Gasteiger partial charge in [0, 0.05) is 24.3 Å². The third-order valence-corrected chi connectivity index (χ3v) is 5.38. The molecule has 2 aromatic carbocycles. The number of ether oxygens (including phenoxy) is 1. The maximum atomic E-state index is 10.6. The Kier molecular flexibility index (Phi) is 6.44. The van der Waals surface area contributed by atoms with E-state index in [1.807, 2.05) is 53.4 Å². The van der Waals surface area contributed by atoms with Crippen LogP contribution in [0.15, 0.2) is 73.1 Å². The highest BCUT2D eigenvalue weighted by Gasteiger charge is 2.05. The van der Waals surface area contributed by atoms with E-state index < -0.39 is 10.1 Å². The third kappa shape index (κ3) is 5.65. The molecule has 0 saturated carbocycles. The smallest absolute Gasteiger partial charge is 0.169 e. The van der Waals surface area contributed by atoms with Gasteiger partial charge in [-0.3, -0.25) is 0 Å². The molecule has 5 nitrogen and oxygen atoms in total. The fourth-order valence-corrected chi connectivity index (χ4v) is 3.57. The fraction of sp³-hybridized carbons (Fsp3) is 0.227. The Balaban J connectivity index is 1.62. The molecule has 0 unspecified atom stereocenters. The molecule has 146 valence electrons. The van der Waals surface area contributed by atoms with E-state index in [0.717, 1.165) is 28.0 Å². The van der Waals surface area contributed by atoms with Gasteiger partial charge in [0.25, 0.3) is 0 Å². The summed E-state index contributed by atoms with van der Waals surface area (Å²) in [6.45, 7) is 0.687. The monoisotopic (exact) mass is 397 g/mol. The molecule has 0 spiro atoms. The Morgan fingerprint density at radius 3 is 1.71 bits per heavy atom. The number of hydrogen-bond acceptors (Lipinski definition) is 4. The van der Waals surface area contributed by atoms with E-state index >= 15 is 0 Å². The standard InChI is InChI=1S/C22H23NO4S/c1-27-22-10-8-20(9-11-22)18-4-6-19(7-5-18)21-12-15-23(16-13-21)14-2-3-17-28(24,25)26/h4-13,15-16H,2-3,14,17H2,1H3. The summed E-state index contributed by atoms with van der Waals surface area (Å²) in [4.78, 5) is 0. The zero-order chi connectivity index (χ0) is 20.0. The summed E-state index contributed by atoms with van der Waals surface area (Å²) < 4.78 is 39.0. The molecule has 0 saturated heterocycles. The molecule has 0 bridgehead atoms. The van der Waals surface area contributed by atoms with Crippen molar-refractivity contribution in [2.24, 2.45) is 0 Å². The summed E-state index contributed by atoms with van der Waals surface area (Å²) in [7, 11) is -2.46. The maximum absolute atomic E-state index is 10.6. The van der Waals surface area contributed by atoms with Crippen molar-refractivity contribution < 1.29 is 22.3 Å². The molecule has 1 aromatic heterocycles. The first kappa shape index (κ1) is 20.0. The van der Waals surface area contributed by atoms with Crippen LogP contribution in [0, 0.1) is 0 Å². The Morgan fingerprint density at radius 1 is 0.786 bits per heavy atom. The molecule has 28 heavy (non-hydrogen) atoms. The summed E-state index contributed by atoms with van der Waals surface area (Å²) >= 11 is 0. The van der Waals surface area contributed by atoms with Gasteiger partial charge in [0.2, 0.25) is 0 Å². The first-order valence-corrected chi connectivity index (χ1v) is 10.7. The largest absolute Gasteiger partial charge is 0.748 e. The molecular formula is C22H23NO4S. The van der Waals surface area contributed by atoms with Crippen LogP contribution >= 0.6 is 0 Å². The van der Waals surface area contributed by atoms with E-state index in [-0.39, 0.29) is 5.75 Å². The van der Waals surface area contributed by atoms with Crippen molar-refractivity contribution in [2.75, 3.05) is 12.9 Å². The summed E-state index contributed by atoms with van der Waals surface area (Å²) in [6, 6.07) is 20.4. The third-order valence-electron chi connectivity index (χ3n) is 4.59. The molecule has 0 amide bonds. The highest BCUT2D eigenvalue weighted by atomic mass is 32.2. The lowest BCUT2D eigenvalue weighted by molar-refractivity contribution is -0.697. The summed E-state index contributed by atoms with van der Waals surface area (Å²) in [5.41, 5.74) is 4.52. The Bertz CT molecular complexity index is 996. The maximum Gasteiger partial charge on any atom is 0.169 e. The van der Waals surface area contributed by atoms with Crippen molar-refractivity contribution in [3.05, 3.63) is 73.1 Å². The fourth-order valence-electron chi connectivity index (χ4n) is 3.01. The van der Waals surface area contributed by atoms with E-state index in [1.165, 1.54) is 0 Å². The van der Waals surface area contributed by atoms with E-state index in [4.69, 9.17) is 4.74 Å². The van der Waals surface area contributed by atoms with Crippen molar-refractivity contribution in [1.82, 2.24) is 0 Å². The molecule has 3 aromatic rings. The van der Waals surface area contributed by atoms with Gasteiger partial charge in [0.15, 0.2) is 12.4 Å². The quantitative estimate of drug-likeness (QED) is 0.331. The zero-order valence-electron chi connectivity index (χ0n) is 15.7. The number of nitrogens with zero attached hydrogens (tertiary/aromatic N) is 1. The van der Waals surface area contributed by atoms with Crippen LogP contribution in [0.2, 0.25) is 0 Å². The van der Waals surface area contributed by atoms with Crippen molar-refractivity contribution >= 4 is 10.1 Å². The highest BCUT2D eigenvalue weighted by Crippen LogP contribution is 2.25. The minimum Gasteiger partial charge on any atom is -0.748 e. The van der Waals surface area contributed by atoms with Crippen LogP contribution in [0.5, 0.6) is 5.75 Å². The van der Waals surface area contributed by atoms with E-state index in [0.29, 0.717) is 19.4 Å². The number of hydrogen-bond donors (Lipinski definition) is 0. The van der Waals surface area contributed by atoms with Gasteiger partial charge in [0.05, 0.1) is 17.2 Å². The van der Waals surface area contributed by atoms with Crippen molar-refractivity contribution in [1.29, 1.82) is 0 Å². The molecule has 0 aliphatic heterocycles. The minimum absolute atomic E-state index is 0.299. The van der Waals surface area contributed by atoms with Crippen molar-refractivity contribution in [3.63, 3.8) is 0 Å². The average Bonchev–Trinajstić information content (AvgIpc) is 2.71. The lowest BCUT2D eigenvalue weighted by Gasteiger charge is -2.06. The summed E-state index contributed by atoms with van der Waals surface area (Å²) in [5.74, 6) is 0.541. The number of aromatic nitrogens is 1. The Labute approximate surface area is 166 Å². The van der Waals surface area contributed by atoms with Gasteiger partial charge < -0.3 is 9.29 Å². The van der Waals surface area contributed by atoms with Crippen LogP contribution < -0.4 is 9.30 Å². The van der Waals surface area contributed by atoms with E-state index in [9.17, 15) is 13.0 Å². The average molecular weight is 397 g/mol. The van der Waals surface area contributed by atoms with Gasteiger partial charge in [-0.1, -0.05) is 36.4 Å². The number of benzene rings is 2. The topological polar surface area (TPSA) is 70.3 Å². The van der Waals surface area contributed by atoms with Gasteiger partial charge >= 0.3 is 0 Å². The van der Waals surface area contributed by atoms with Crippen LogP contribution in [0.4, 0.5) is 0 Å². The molecule has 0 radical (unpaired) electrons. The first-order chi connectivity index (χ1) is 13.4. The molecular weight excluding hydrogens is 374 g/mol. The minimum atomic E-state index is -4.11. The SMILES string of the molecule is COc1ccc(-c2ccc(-c3cc[n+](CCCCS(=O)(=O)[O-])cc3)cc2)cc1. The normalized spacial score (nSPS) is 11.4. The molecule has 0 atom stereocenters. The number of aryl methyl sites for hydroxylation is 1. The van der Waals surface area contributed by atoms with E-state index in [2.05, 4.69) is 24.3 Å². The molecule has 0 N–H and O–H groups in total. The van der Waals surface area contributed by atoms with Gasteiger partial charge in [-0.25, -0.2) is 13.0 Å². The van der Waals surface area contributed by atoms with Crippen LogP contribution in [0.25, 0.3) is 22.3 Å². The second-order valence-corrected chi connectivity index (χ2v) is 8.12. The van der Waals surface area contributed by atoms with Crippen molar-refractivity contribution in [2.45, 2.75) is 19.4 Å². The summed E-state index contributed by atoms with van der Waals surface area (Å²) in [6.07, 6.45) is 4.98. The number of rotatable bonds is 8. The van der Waals surface area contributed by atoms with Gasteiger partial charge in [0.1, 0.15) is 12.3 Å².